The third-order valence-corrected chi connectivity index (χ3v) is 3.73. The van der Waals surface area contributed by atoms with Crippen LogP contribution in [0.5, 0.6) is 0 Å². The Morgan fingerprint density at radius 2 is 1.90 bits per heavy atom. The number of likely N-dealkylation sites (N-methyl/N-ethyl adjacent to an activating group) is 1. The van der Waals surface area contributed by atoms with E-state index in [4.69, 9.17) is 9.47 Å². The second-order valence-corrected chi connectivity index (χ2v) is 6.86. The largest absolute Gasteiger partial charge is 0.465 e. The van der Waals surface area contributed by atoms with Crippen LogP contribution in [0.15, 0.2) is 0 Å². The van der Waals surface area contributed by atoms with Gasteiger partial charge >= 0.3 is 5.97 Å². The SMILES string of the molecule is CCNC(COCCC(C)(C)C)(C(=O)OCC)C1CC1. The van der Waals surface area contributed by atoms with Crippen molar-refractivity contribution in [3.05, 3.63) is 0 Å². The fourth-order valence-electron chi connectivity index (χ4n) is 2.37. The molecule has 20 heavy (non-hydrogen) atoms. The summed E-state index contributed by atoms with van der Waals surface area (Å²) in [6, 6.07) is 0. The molecule has 118 valence electrons. The summed E-state index contributed by atoms with van der Waals surface area (Å²) in [4.78, 5) is 12.4. The number of hydrogen-bond acceptors (Lipinski definition) is 4. The second kappa shape index (κ2) is 7.41. The fourth-order valence-corrected chi connectivity index (χ4v) is 2.37. The summed E-state index contributed by atoms with van der Waals surface area (Å²) < 4.78 is 11.1. The van der Waals surface area contributed by atoms with Crippen LogP contribution in [0.1, 0.15) is 53.9 Å². The van der Waals surface area contributed by atoms with Gasteiger partial charge in [0.15, 0.2) is 0 Å². The topological polar surface area (TPSA) is 47.6 Å². The molecular weight excluding hydrogens is 254 g/mol. The van der Waals surface area contributed by atoms with Gasteiger partial charge in [-0.3, -0.25) is 5.32 Å². The molecule has 1 unspecified atom stereocenters. The van der Waals surface area contributed by atoms with E-state index >= 15 is 0 Å². The zero-order chi connectivity index (χ0) is 15.2. The Morgan fingerprint density at radius 1 is 1.25 bits per heavy atom. The molecule has 0 heterocycles. The van der Waals surface area contributed by atoms with Gasteiger partial charge < -0.3 is 9.47 Å². The van der Waals surface area contributed by atoms with Crippen molar-refractivity contribution in [1.29, 1.82) is 0 Å². The maximum atomic E-state index is 12.4. The van der Waals surface area contributed by atoms with E-state index in [1.54, 1.807) is 0 Å². The lowest BCUT2D eigenvalue weighted by Gasteiger charge is -2.32. The predicted octanol–water partition coefficient (Wildman–Crippen LogP) is 2.76. The molecule has 0 bridgehead atoms. The fraction of sp³-hybridized carbons (Fsp3) is 0.938. The van der Waals surface area contributed by atoms with Gasteiger partial charge in [-0.05, 0) is 44.1 Å². The summed E-state index contributed by atoms with van der Waals surface area (Å²) in [5.41, 5.74) is -0.382. The minimum absolute atomic E-state index is 0.153. The third-order valence-electron chi connectivity index (χ3n) is 3.73. The van der Waals surface area contributed by atoms with Crippen LogP contribution in [0.25, 0.3) is 0 Å². The Hall–Kier alpha value is -0.610. The van der Waals surface area contributed by atoms with Crippen molar-refractivity contribution in [2.75, 3.05) is 26.4 Å². The third kappa shape index (κ3) is 5.06. The van der Waals surface area contributed by atoms with Crippen LogP contribution in [-0.2, 0) is 14.3 Å². The molecule has 0 aromatic heterocycles. The monoisotopic (exact) mass is 285 g/mol. The molecule has 0 radical (unpaired) electrons. The van der Waals surface area contributed by atoms with E-state index in [2.05, 4.69) is 26.1 Å². The van der Waals surface area contributed by atoms with Crippen molar-refractivity contribution in [2.45, 2.75) is 59.4 Å². The van der Waals surface area contributed by atoms with Crippen LogP contribution < -0.4 is 5.32 Å². The highest BCUT2D eigenvalue weighted by Crippen LogP contribution is 2.41. The summed E-state index contributed by atoms with van der Waals surface area (Å²) in [5.74, 6) is 0.205. The molecule has 0 amide bonds. The zero-order valence-corrected chi connectivity index (χ0v) is 13.8. The van der Waals surface area contributed by atoms with Crippen molar-refractivity contribution in [1.82, 2.24) is 5.32 Å². The van der Waals surface area contributed by atoms with Gasteiger partial charge in [0.05, 0.1) is 13.2 Å². The van der Waals surface area contributed by atoms with Crippen molar-refractivity contribution in [3.8, 4) is 0 Å². The molecule has 1 rings (SSSR count). The highest BCUT2D eigenvalue weighted by molar-refractivity contribution is 5.82. The first-order valence-corrected chi connectivity index (χ1v) is 7.85. The Labute approximate surface area is 123 Å². The highest BCUT2D eigenvalue weighted by atomic mass is 16.5. The Kier molecular flexibility index (Phi) is 6.46. The molecule has 1 N–H and O–H groups in total. The van der Waals surface area contributed by atoms with E-state index in [1.807, 2.05) is 13.8 Å². The van der Waals surface area contributed by atoms with Crippen molar-refractivity contribution in [2.24, 2.45) is 11.3 Å². The lowest BCUT2D eigenvalue weighted by atomic mass is 9.92. The summed E-state index contributed by atoms with van der Waals surface area (Å²) in [5, 5.41) is 3.34. The van der Waals surface area contributed by atoms with Crippen LogP contribution in [0.3, 0.4) is 0 Å². The number of nitrogens with one attached hydrogen (secondary N) is 1. The summed E-state index contributed by atoms with van der Waals surface area (Å²) in [6.07, 6.45) is 3.14. The number of esters is 1. The first kappa shape index (κ1) is 17.4. The zero-order valence-electron chi connectivity index (χ0n) is 13.8. The molecule has 1 atom stereocenters. The van der Waals surface area contributed by atoms with Gasteiger partial charge in [0.25, 0.3) is 0 Å². The maximum Gasteiger partial charge on any atom is 0.329 e. The second-order valence-electron chi connectivity index (χ2n) is 6.86. The summed E-state index contributed by atoms with van der Waals surface area (Å²) in [6.45, 7) is 12.7. The first-order chi connectivity index (χ1) is 9.35. The lowest BCUT2D eigenvalue weighted by Crippen LogP contribution is -2.58. The number of carbonyl (C=O) groups is 1. The smallest absolute Gasteiger partial charge is 0.329 e. The molecule has 0 aliphatic heterocycles. The van der Waals surface area contributed by atoms with E-state index < -0.39 is 5.54 Å². The van der Waals surface area contributed by atoms with E-state index in [1.165, 1.54) is 0 Å². The van der Waals surface area contributed by atoms with Crippen molar-refractivity contribution in [3.63, 3.8) is 0 Å². The average Bonchev–Trinajstić information content (AvgIpc) is 3.16. The molecule has 1 fully saturated rings. The lowest BCUT2D eigenvalue weighted by molar-refractivity contribution is -0.155. The molecule has 0 aromatic carbocycles. The standard InChI is InChI=1S/C16H31NO3/c1-6-17-16(13-8-9-13,14(18)20-7-2)12-19-11-10-15(3,4)5/h13,17H,6-12H2,1-5H3. The summed E-state index contributed by atoms with van der Waals surface area (Å²) >= 11 is 0. The molecule has 1 aliphatic carbocycles. The van der Waals surface area contributed by atoms with Gasteiger partial charge in [-0.25, -0.2) is 4.79 Å². The molecule has 0 spiro atoms. The van der Waals surface area contributed by atoms with Gasteiger partial charge in [0.1, 0.15) is 5.54 Å². The predicted molar refractivity (Wildman–Crippen MR) is 80.7 cm³/mol. The van der Waals surface area contributed by atoms with Gasteiger partial charge in [-0.15, -0.1) is 0 Å². The Balaban J connectivity index is 2.60. The van der Waals surface area contributed by atoms with Crippen LogP contribution in [0.2, 0.25) is 0 Å². The van der Waals surface area contributed by atoms with E-state index in [9.17, 15) is 4.79 Å². The Morgan fingerprint density at radius 3 is 2.35 bits per heavy atom. The number of ether oxygens (including phenoxy) is 2. The number of carbonyl (C=O) groups excluding carboxylic acids is 1. The maximum absolute atomic E-state index is 12.4. The van der Waals surface area contributed by atoms with Gasteiger partial charge in [0, 0.05) is 6.61 Å². The number of rotatable bonds is 9. The first-order valence-electron chi connectivity index (χ1n) is 7.85. The highest BCUT2D eigenvalue weighted by Gasteiger charge is 2.51. The Bertz CT molecular complexity index is 307. The van der Waals surface area contributed by atoms with E-state index in [0.29, 0.717) is 25.7 Å². The minimum atomic E-state index is -0.636. The molecule has 0 aromatic rings. The quantitative estimate of drug-likeness (QED) is 0.523. The number of hydrogen-bond donors (Lipinski definition) is 1. The van der Waals surface area contributed by atoms with Gasteiger partial charge in [-0.2, -0.15) is 0 Å². The summed E-state index contributed by atoms with van der Waals surface area (Å²) in [7, 11) is 0. The van der Waals surface area contributed by atoms with Crippen LogP contribution in [0.4, 0.5) is 0 Å². The van der Waals surface area contributed by atoms with Crippen LogP contribution >= 0.6 is 0 Å². The molecule has 1 aliphatic rings. The normalized spacial score (nSPS) is 18.6. The molecule has 4 nitrogen and oxygen atoms in total. The van der Waals surface area contributed by atoms with E-state index in [-0.39, 0.29) is 11.4 Å². The molecule has 4 heteroatoms. The van der Waals surface area contributed by atoms with Crippen molar-refractivity contribution < 1.29 is 14.3 Å². The van der Waals surface area contributed by atoms with E-state index in [0.717, 1.165) is 25.8 Å². The molecule has 1 saturated carbocycles. The minimum Gasteiger partial charge on any atom is -0.465 e. The van der Waals surface area contributed by atoms with Gasteiger partial charge in [-0.1, -0.05) is 27.7 Å². The molecular formula is C16H31NO3. The molecule has 0 saturated heterocycles. The average molecular weight is 285 g/mol. The van der Waals surface area contributed by atoms with Crippen molar-refractivity contribution >= 4 is 5.97 Å². The van der Waals surface area contributed by atoms with Gasteiger partial charge in [0.2, 0.25) is 0 Å². The van der Waals surface area contributed by atoms with Crippen LogP contribution in [0, 0.1) is 11.3 Å². The van der Waals surface area contributed by atoms with Crippen LogP contribution in [-0.4, -0.2) is 37.9 Å².